The second kappa shape index (κ2) is 8.21. The Morgan fingerprint density at radius 3 is 2.62 bits per heavy atom. The van der Waals surface area contributed by atoms with Crippen molar-refractivity contribution in [3.8, 4) is 0 Å². The van der Waals surface area contributed by atoms with Crippen LogP contribution in [0.3, 0.4) is 0 Å². The molecule has 0 atom stereocenters. The topological polar surface area (TPSA) is 87.5 Å². The van der Waals surface area contributed by atoms with Crippen LogP contribution in [0.2, 0.25) is 0 Å². The number of likely N-dealkylation sites (N-methyl/N-ethyl adjacent to an activating group) is 1. The summed E-state index contributed by atoms with van der Waals surface area (Å²) < 4.78 is 0. The van der Waals surface area contributed by atoms with E-state index in [9.17, 15) is 14.9 Å². The minimum Gasteiger partial charge on any atom is -0.385 e. The zero-order valence-corrected chi connectivity index (χ0v) is 12.7. The van der Waals surface area contributed by atoms with Crippen LogP contribution < -0.4 is 10.6 Å². The highest BCUT2D eigenvalue weighted by Gasteiger charge is 2.20. The van der Waals surface area contributed by atoms with Crippen LogP contribution in [0.1, 0.15) is 23.7 Å². The molecule has 1 amide bonds. The van der Waals surface area contributed by atoms with Gasteiger partial charge in [-0.05, 0) is 32.6 Å². The van der Waals surface area contributed by atoms with Crippen molar-refractivity contribution in [1.82, 2.24) is 10.2 Å². The maximum atomic E-state index is 12.1. The molecule has 0 radical (unpaired) electrons. The van der Waals surface area contributed by atoms with E-state index in [0.717, 1.165) is 13.0 Å². The predicted octanol–water partition coefficient (Wildman–Crippen LogP) is 1.71. The Kier molecular flexibility index (Phi) is 6.61. The van der Waals surface area contributed by atoms with Crippen LogP contribution in [0.25, 0.3) is 0 Å². The molecule has 0 heterocycles. The quantitative estimate of drug-likeness (QED) is 0.563. The van der Waals surface area contributed by atoms with Gasteiger partial charge in [0.15, 0.2) is 0 Å². The molecule has 21 heavy (non-hydrogen) atoms. The first-order chi connectivity index (χ1) is 9.95. The summed E-state index contributed by atoms with van der Waals surface area (Å²) in [6, 6.07) is 4.50. The zero-order valence-electron chi connectivity index (χ0n) is 12.7. The number of carbonyl (C=O) groups excluding carboxylic acids is 1. The van der Waals surface area contributed by atoms with E-state index >= 15 is 0 Å². The number of rotatable bonds is 8. The summed E-state index contributed by atoms with van der Waals surface area (Å²) in [6.45, 7) is 3.88. The molecular weight excluding hydrogens is 272 g/mol. The lowest BCUT2D eigenvalue weighted by atomic mass is 10.1. The van der Waals surface area contributed by atoms with Crippen LogP contribution in [0.4, 0.5) is 11.4 Å². The van der Waals surface area contributed by atoms with Crippen molar-refractivity contribution in [2.45, 2.75) is 13.3 Å². The summed E-state index contributed by atoms with van der Waals surface area (Å²) >= 11 is 0. The number of nitro benzene ring substituents is 1. The maximum absolute atomic E-state index is 12.1. The Bertz CT molecular complexity index is 503. The average molecular weight is 294 g/mol. The van der Waals surface area contributed by atoms with Crippen LogP contribution in [0.5, 0.6) is 0 Å². The summed E-state index contributed by atoms with van der Waals surface area (Å²) in [5.74, 6) is -0.427. The van der Waals surface area contributed by atoms with Gasteiger partial charge in [-0.15, -0.1) is 0 Å². The van der Waals surface area contributed by atoms with Crippen LogP contribution in [-0.4, -0.2) is 49.5 Å². The molecule has 0 fully saturated rings. The molecule has 2 N–H and O–H groups in total. The van der Waals surface area contributed by atoms with Gasteiger partial charge in [-0.1, -0.05) is 6.92 Å². The largest absolute Gasteiger partial charge is 0.385 e. The molecule has 0 aliphatic heterocycles. The number of carbonyl (C=O) groups is 1. The third-order valence-corrected chi connectivity index (χ3v) is 2.86. The summed E-state index contributed by atoms with van der Waals surface area (Å²) in [5.41, 5.74) is 0.611. The predicted molar refractivity (Wildman–Crippen MR) is 82.8 cm³/mol. The SMILES string of the molecule is CCCNc1ccc([N+](=O)[O-])c(C(=O)NCCN(C)C)c1. The van der Waals surface area contributed by atoms with Crippen molar-refractivity contribution in [2.24, 2.45) is 0 Å². The van der Waals surface area contributed by atoms with E-state index in [2.05, 4.69) is 10.6 Å². The number of hydrogen-bond donors (Lipinski definition) is 2. The fraction of sp³-hybridized carbons (Fsp3) is 0.500. The number of nitro groups is 1. The van der Waals surface area contributed by atoms with Gasteiger partial charge in [-0.3, -0.25) is 14.9 Å². The van der Waals surface area contributed by atoms with Gasteiger partial charge in [0.25, 0.3) is 11.6 Å². The molecule has 0 aromatic heterocycles. The van der Waals surface area contributed by atoms with Crippen LogP contribution >= 0.6 is 0 Å². The van der Waals surface area contributed by atoms with Crippen LogP contribution in [0.15, 0.2) is 18.2 Å². The van der Waals surface area contributed by atoms with Gasteiger partial charge in [0.05, 0.1) is 4.92 Å². The molecule has 1 aromatic rings. The molecule has 0 saturated heterocycles. The van der Waals surface area contributed by atoms with Gasteiger partial charge in [-0.2, -0.15) is 0 Å². The van der Waals surface area contributed by atoms with E-state index in [1.807, 2.05) is 25.9 Å². The average Bonchev–Trinajstić information content (AvgIpc) is 2.44. The minimum absolute atomic E-state index is 0.0832. The smallest absolute Gasteiger partial charge is 0.282 e. The lowest BCUT2D eigenvalue weighted by molar-refractivity contribution is -0.385. The standard InChI is InChI=1S/C14H22N4O3/c1-4-7-15-11-5-6-13(18(20)21)12(10-11)14(19)16-8-9-17(2)3/h5-6,10,15H,4,7-9H2,1-3H3,(H,16,19). The Morgan fingerprint density at radius 1 is 1.33 bits per heavy atom. The number of amides is 1. The monoisotopic (exact) mass is 294 g/mol. The first-order valence-corrected chi connectivity index (χ1v) is 6.91. The molecule has 0 spiro atoms. The fourth-order valence-corrected chi connectivity index (χ4v) is 1.74. The zero-order chi connectivity index (χ0) is 15.8. The van der Waals surface area contributed by atoms with E-state index in [1.54, 1.807) is 6.07 Å². The van der Waals surface area contributed by atoms with Gasteiger partial charge < -0.3 is 15.5 Å². The van der Waals surface area contributed by atoms with E-state index < -0.39 is 10.8 Å². The summed E-state index contributed by atoms with van der Waals surface area (Å²) in [7, 11) is 3.79. The van der Waals surface area contributed by atoms with Crippen molar-refractivity contribution in [3.05, 3.63) is 33.9 Å². The molecule has 7 heteroatoms. The highest BCUT2D eigenvalue weighted by Crippen LogP contribution is 2.22. The lowest BCUT2D eigenvalue weighted by Gasteiger charge is -2.11. The summed E-state index contributed by atoms with van der Waals surface area (Å²) in [6.07, 6.45) is 0.932. The van der Waals surface area contributed by atoms with Crippen molar-refractivity contribution < 1.29 is 9.72 Å². The van der Waals surface area contributed by atoms with E-state index in [0.29, 0.717) is 18.8 Å². The van der Waals surface area contributed by atoms with Gasteiger partial charge in [-0.25, -0.2) is 0 Å². The Balaban J connectivity index is 2.89. The summed E-state index contributed by atoms with van der Waals surface area (Å²) in [5, 5.41) is 16.8. The third-order valence-electron chi connectivity index (χ3n) is 2.86. The molecule has 0 unspecified atom stereocenters. The number of anilines is 1. The fourth-order valence-electron chi connectivity index (χ4n) is 1.74. The Morgan fingerprint density at radius 2 is 2.05 bits per heavy atom. The lowest BCUT2D eigenvalue weighted by Crippen LogP contribution is -2.31. The first-order valence-electron chi connectivity index (χ1n) is 6.91. The van der Waals surface area contributed by atoms with Gasteiger partial charge in [0.1, 0.15) is 5.56 Å². The first kappa shape index (κ1) is 16.9. The molecule has 1 aromatic carbocycles. The number of hydrogen-bond acceptors (Lipinski definition) is 5. The molecule has 0 aliphatic carbocycles. The molecular formula is C14H22N4O3. The highest BCUT2D eigenvalue weighted by atomic mass is 16.6. The Labute approximate surface area is 124 Å². The molecule has 116 valence electrons. The van der Waals surface area contributed by atoms with Crippen LogP contribution in [-0.2, 0) is 0 Å². The second-order valence-electron chi connectivity index (χ2n) is 4.97. The third kappa shape index (κ3) is 5.39. The van der Waals surface area contributed by atoms with E-state index in [4.69, 9.17) is 0 Å². The van der Waals surface area contributed by atoms with E-state index in [1.165, 1.54) is 12.1 Å². The van der Waals surface area contributed by atoms with Crippen LogP contribution in [0, 0.1) is 10.1 Å². The van der Waals surface area contributed by atoms with Gasteiger partial charge in [0.2, 0.25) is 0 Å². The molecule has 0 bridgehead atoms. The van der Waals surface area contributed by atoms with Crippen molar-refractivity contribution in [1.29, 1.82) is 0 Å². The Hall–Kier alpha value is -2.15. The maximum Gasteiger partial charge on any atom is 0.282 e. The van der Waals surface area contributed by atoms with Crippen molar-refractivity contribution >= 4 is 17.3 Å². The second-order valence-corrected chi connectivity index (χ2v) is 4.97. The normalized spacial score (nSPS) is 10.5. The molecule has 0 saturated carbocycles. The number of benzene rings is 1. The minimum atomic E-state index is -0.537. The van der Waals surface area contributed by atoms with Gasteiger partial charge >= 0.3 is 0 Å². The number of nitrogens with zero attached hydrogens (tertiary/aromatic N) is 2. The van der Waals surface area contributed by atoms with E-state index in [-0.39, 0.29) is 11.3 Å². The summed E-state index contributed by atoms with van der Waals surface area (Å²) in [4.78, 5) is 24.5. The molecule has 7 nitrogen and oxygen atoms in total. The number of nitrogens with one attached hydrogen (secondary N) is 2. The van der Waals surface area contributed by atoms with Gasteiger partial charge in [0, 0.05) is 31.4 Å². The molecule has 0 aliphatic rings. The highest BCUT2D eigenvalue weighted by molar-refractivity contribution is 5.99. The van der Waals surface area contributed by atoms with Crippen molar-refractivity contribution in [2.75, 3.05) is 39.0 Å². The van der Waals surface area contributed by atoms with Crippen molar-refractivity contribution in [3.63, 3.8) is 0 Å². The molecule has 1 rings (SSSR count).